The van der Waals surface area contributed by atoms with Crippen molar-refractivity contribution in [2.75, 3.05) is 0 Å². The zero-order valence-electron chi connectivity index (χ0n) is 10.6. The van der Waals surface area contributed by atoms with Crippen molar-refractivity contribution in [3.8, 4) is 0 Å². The highest BCUT2D eigenvalue weighted by molar-refractivity contribution is 7.91. The van der Waals surface area contributed by atoms with Crippen LogP contribution in [0.4, 0.5) is 0 Å². The van der Waals surface area contributed by atoms with Gasteiger partial charge in [-0.15, -0.1) is 0 Å². The fourth-order valence-corrected chi connectivity index (χ4v) is 4.34. The molecule has 2 aromatic heterocycles. The first-order chi connectivity index (χ1) is 8.81. The molecular weight excluding hydrogens is 308 g/mol. The first-order valence-corrected chi connectivity index (χ1v) is 8.09. The summed E-state index contributed by atoms with van der Waals surface area (Å²) in [6, 6.07) is 0. The van der Waals surface area contributed by atoms with E-state index in [1.165, 1.54) is 0 Å². The van der Waals surface area contributed by atoms with E-state index in [0.717, 1.165) is 22.6 Å². The number of hydrogen-bond donors (Lipinski definition) is 1. The Morgan fingerprint density at radius 3 is 2.63 bits per heavy atom. The third-order valence-electron chi connectivity index (χ3n) is 2.76. The molecule has 0 aliphatic carbocycles. The average Bonchev–Trinajstić information content (AvgIpc) is 2.82. The number of aryl methyl sites for hydroxylation is 2. The van der Waals surface area contributed by atoms with Crippen molar-refractivity contribution in [1.29, 1.82) is 0 Å². The van der Waals surface area contributed by atoms with E-state index in [-0.39, 0.29) is 15.2 Å². The molecular formula is C10H13ClN4O2S2. The van der Waals surface area contributed by atoms with Gasteiger partial charge in [-0.1, -0.05) is 22.9 Å². The van der Waals surface area contributed by atoms with Gasteiger partial charge in [-0.25, -0.2) is 18.1 Å². The molecule has 0 spiro atoms. The van der Waals surface area contributed by atoms with Crippen LogP contribution in [0.3, 0.4) is 0 Å². The zero-order valence-corrected chi connectivity index (χ0v) is 13.0. The summed E-state index contributed by atoms with van der Waals surface area (Å²) in [6.07, 6.45) is 1.64. The highest BCUT2D eigenvalue weighted by Crippen LogP contribution is 2.26. The minimum atomic E-state index is -3.59. The summed E-state index contributed by atoms with van der Waals surface area (Å²) >= 11 is 6.67. The Morgan fingerprint density at radius 2 is 2.16 bits per heavy atom. The van der Waals surface area contributed by atoms with Crippen LogP contribution in [0.25, 0.3) is 0 Å². The SMILES string of the molecule is Cc1nc(Cl)sc1S(=O)(=O)NCc1cnn(C)c1C. The van der Waals surface area contributed by atoms with Crippen molar-refractivity contribution >= 4 is 33.0 Å². The maximum atomic E-state index is 12.1. The second-order valence-electron chi connectivity index (χ2n) is 4.04. The van der Waals surface area contributed by atoms with Gasteiger partial charge in [0.15, 0.2) is 8.68 Å². The van der Waals surface area contributed by atoms with Crippen LogP contribution in [0.15, 0.2) is 10.4 Å². The third-order valence-corrected chi connectivity index (χ3v) is 6.03. The van der Waals surface area contributed by atoms with E-state index in [9.17, 15) is 8.42 Å². The van der Waals surface area contributed by atoms with Crippen LogP contribution < -0.4 is 4.72 Å². The lowest BCUT2D eigenvalue weighted by Gasteiger charge is -2.05. The Kier molecular flexibility index (Phi) is 3.95. The lowest BCUT2D eigenvalue weighted by atomic mass is 10.3. The van der Waals surface area contributed by atoms with Crippen molar-refractivity contribution in [3.05, 3.63) is 27.6 Å². The molecule has 0 aliphatic heterocycles. The van der Waals surface area contributed by atoms with Crippen LogP contribution in [0.1, 0.15) is 17.0 Å². The van der Waals surface area contributed by atoms with Crippen LogP contribution in [-0.2, 0) is 23.6 Å². The Hall–Kier alpha value is -0.960. The molecule has 2 rings (SSSR count). The third kappa shape index (κ3) is 2.97. The lowest BCUT2D eigenvalue weighted by Crippen LogP contribution is -2.23. The first-order valence-electron chi connectivity index (χ1n) is 5.41. The van der Waals surface area contributed by atoms with Gasteiger partial charge in [-0.3, -0.25) is 4.68 Å². The Balaban J connectivity index is 2.19. The quantitative estimate of drug-likeness (QED) is 0.928. The average molecular weight is 321 g/mol. The van der Waals surface area contributed by atoms with Gasteiger partial charge in [0.2, 0.25) is 0 Å². The van der Waals surface area contributed by atoms with Gasteiger partial charge in [0, 0.05) is 24.8 Å². The van der Waals surface area contributed by atoms with Gasteiger partial charge >= 0.3 is 0 Å². The maximum Gasteiger partial charge on any atom is 0.252 e. The minimum Gasteiger partial charge on any atom is -0.273 e. The summed E-state index contributed by atoms with van der Waals surface area (Å²) in [5.41, 5.74) is 2.16. The summed E-state index contributed by atoms with van der Waals surface area (Å²) in [6.45, 7) is 3.69. The van der Waals surface area contributed by atoms with Crippen molar-refractivity contribution < 1.29 is 8.42 Å². The number of nitrogens with one attached hydrogen (secondary N) is 1. The van der Waals surface area contributed by atoms with Crippen LogP contribution in [0.5, 0.6) is 0 Å². The Bertz CT molecular complexity index is 705. The number of thiazole rings is 1. The summed E-state index contributed by atoms with van der Waals surface area (Å²) in [7, 11) is -1.79. The monoisotopic (exact) mass is 320 g/mol. The van der Waals surface area contributed by atoms with Gasteiger partial charge in [0.1, 0.15) is 0 Å². The topological polar surface area (TPSA) is 76.9 Å². The number of sulfonamides is 1. The minimum absolute atomic E-state index is 0.152. The van der Waals surface area contributed by atoms with E-state index in [2.05, 4.69) is 14.8 Å². The number of aromatic nitrogens is 3. The van der Waals surface area contributed by atoms with E-state index in [0.29, 0.717) is 5.69 Å². The highest BCUT2D eigenvalue weighted by atomic mass is 35.5. The van der Waals surface area contributed by atoms with Gasteiger partial charge in [-0.2, -0.15) is 5.10 Å². The molecule has 0 bridgehead atoms. The molecule has 0 saturated heterocycles. The number of rotatable bonds is 4. The van der Waals surface area contributed by atoms with E-state index in [4.69, 9.17) is 11.6 Å². The molecule has 0 amide bonds. The molecule has 0 aliphatic rings. The van der Waals surface area contributed by atoms with Gasteiger partial charge in [0.05, 0.1) is 11.9 Å². The van der Waals surface area contributed by atoms with Gasteiger partial charge < -0.3 is 0 Å². The molecule has 1 N–H and O–H groups in total. The lowest BCUT2D eigenvalue weighted by molar-refractivity contribution is 0.582. The fourth-order valence-electron chi connectivity index (χ4n) is 1.56. The molecule has 0 unspecified atom stereocenters. The summed E-state index contributed by atoms with van der Waals surface area (Å²) in [5.74, 6) is 0. The smallest absolute Gasteiger partial charge is 0.252 e. The second-order valence-corrected chi connectivity index (χ2v) is 7.59. The van der Waals surface area contributed by atoms with Crippen LogP contribution in [-0.4, -0.2) is 23.2 Å². The van der Waals surface area contributed by atoms with Gasteiger partial charge in [0.25, 0.3) is 10.0 Å². The second kappa shape index (κ2) is 5.20. The van der Waals surface area contributed by atoms with Crippen molar-refractivity contribution in [2.24, 2.45) is 7.05 Å². The number of halogens is 1. The largest absolute Gasteiger partial charge is 0.273 e. The summed E-state index contributed by atoms with van der Waals surface area (Å²) in [4.78, 5) is 3.90. The molecule has 9 heteroatoms. The molecule has 6 nitrogen and oxygen atoms in total. The summed E-state index contributed by atoms with van der Waals surface area (Å²) < 4.78 is 28.9. The van der Waals surface area contributed by atoms with Crippen LogP contribution in [0, 0.1) is 13.8 Å². The van der Waals surface area contributed by atoms with Crippen LogP contribution in [0.2, 0.25) is 4.47 Å². The summed E-state index contributed by atoms with van der Waals surface area (Å²) in [5, 5.41) is 4.06. The number of nitrogens with zero attached hydrogens (tertiary/aromatic N) is 3. The van der Waals surface area contributed by atoms with Crippen molar-refractivity contribution in [1.82, 2.24) is 19.5 Å². The van der Waals surface area contributed by atoms with E-state index < -0.39 is 10.0 Å². The Labute approximate surface area is 120 Å². The van der Waals surface area contributed by atoms with Crippen LogP contribution >= 0.6 is 22.9 Å². The van der Waals surface area contributed by atoms with E-state index in [1.54, 1.807) is 24.9 Å². The number of hydrogen-bond acceptors (Lipinski definition) is 5. The predicted octanol–water partition coefficient (Wildman–Crippen LogP) is 1.63. The molecule has 0 fully saturated rings. The van der Waals surface area contributed by atoms with E-state index >= 15 is 0 Å². The maximum absolute atomic E-state index is 12.1. The highest BCUT2D eigenvalue weighted by Gasteiger charge is 2.21. The van der Waals surface area contributed by atoms with Crippen molar-refractivity contribution in [2.45, 2.75) is 24.6 Å². The molecule has 2 aromatic rings. The molecule has 104 valence electrons. The predicted molar refractivity (Wildman–Crippen MR) is 73.8 cm³/mol. The molecule has 0 saturated carbocycles. The fraction of sp³-hybridized carbons (Fsp3) is 0.400. The van der Waals surface area contributed by atoms with Crippen molar-refractivity contribution in [3.63, 3.8) is 0 Å². The zero-order chi connectivity index (χ0) is 14.2. The molecule has 19 heavy (non-hydrogen) atoms. The molecule has 0 atom stereocenters. The molecule has 2 heterocycles. The van der Waals surface area contributed by atoms with E-state index in [1.807, 2.05) is 6.92 Å². The van der Waals surface area contributed by atoms with Gasteiger partial charge in [-0.05, 0) is 13.8 Å². The molecule has 0 radical (unpaired) electrons. The first kappa shape index (κ1) is 14.4. The standard InChI is InChI=1S/C10H13ClN4O2S2/c1-6-9(18-10(11)14-6)19(16,17)13-5-8-4-12-15(3)7(8)2/h4,13H,5H2,1-3H3. The molecule has 0 aromatic carbocycles. The normalized spacial score (nSPS) is 12.0. The Morgan fingerprint density at radius 1 is 1.47 bits per heavy atom.